The Morgan fingerprint density at radius 2 is 1.92 bits per heavy atom. The van der Waals surface area contributed by atoms with Crippen LogP contribution in [0.5, 0.6) is 11.5 Å². The summed E-state index contributed by atoms with van der Waals surface area (Å²) in [6.07, 6.45) is -4.42. The third-order valence-corrected chi connectivity index (χ3v) is 3.29. The number of nitrogens with one attached hydrogen (secondary N) is 1. The molecule has 1 aromatic carbocycles. The Hall–Kier alpha value is -1.67. The average Bonchev–Trinajstić information content (AvgIpc) is 2.49. The van der Waals surface area contributed by atoms with Crippen LogP contribution in [0.4, 0.5) is 13.2 Å². The van der Waals surface area contributed by atoms with E-state index in [1.807, 2.05) is 0 Å². The second kappa shape index (κ2) is 9.58. The van der Waals surface area contributed by atoms with Gasteiger partial charge in [0.25, 0.3) is 0 Å². The minimum Gasteiger partial charge on any atom is -0.493 e. The largest absolute Gasteiger partial charge is 0.493 e. The SMILES string of the molecule is COc1cc(CNC(=O)C(C)C(C)N)ccc1OCC(F)(F)F.Cl. The van der Waals surface area contributed by atoms with Crippen molar-refractivity contribution in [1.29, 1.82) is 0 Å². The summed E-state index contributed by atoms with van der Waals surface area (Å²) in [6, 6.07) is 4.18. The van der Waals surface area contributed by atoms with Crippen molar-refractivity contribution < 1.29 is 27.4 Å². The van der Waals surface area contributed by atoms with Crippen molar-refractivity contribution in [2.75, 3.05) is 13.7 Å². The lowest BCUT2D eigenvalue weighted by Crippen LogP contribution is -2.38. The highest BCUT2D eigenvalue weighted by molar-refractivity contribution is 5.85. The summed E-state index contributed by atoms with van der Waals surface area (Å²) in [5, 5.41) is 2.71. The van der Waals surface area contributed by atoms with E-state index in [0.29, 0.717) is 5.56 Å². The van der Waals surface area contributed by atoms with E-state index in [-0.39, 0.29) is 48.3 Å². The molecule has 2 atom stereocenters. The molecule has 0 spiro atoms. The molecule has 5 nitrogen and oxygen atoms in total. The Morgan fingerprint density at radius 3 is 2.42 bits per heavy atom. The number of benzene rings is 1. The molecule has 0 aliphatic heterocycles. The summed E-state index contributed by atoms with van der Waals surface area (Å²) in [6.45, 7) is 2.27. The third-order valence-electron chi connectivity index (χ3n) is 3.29. The Bertz CT molecular complexity index is 539. The van der Waals surface area contributed by atoms with Gasteiger partial charge in [-0.15, -0.1) is 12.4 Å². The molecule has 0 saturated heterocycles. The fraction of sp³-hybridized carbons (Fsp3) is 0.533. The van der Waals surface area contributed by atoms with E-state index < -0.39 is 12.8 Å². The quantitative estimate of drug-likeness (QED) is 0.774. The van der Waals surface area contributed by atoms with E-state index in [4.69, 9.17) is 10.5 Å². The van der Waals surface area contributed by atoms with E-state index in [0.717, 1.165) is 0 Å². The van der Waals surface area contributed by atoms with Crippen molar-refractivity contribution in [2.45, 2.75) is 32.6 Å². The molecule has 3 N–H and O–H groups in total. The standard InChI is InChI=1S/C15H21F3N2O3.ClH/c1-9(10(2)19)14(21)20-7-11-4-5-12(13(6-11)22-3)23-8-15(16,17)18;/h4-6,9-10H,7-8,19H2,1-3H3,(H,20,21);1H. The van der Waals surface area contributed by atoms with Crippen LogP contribution in [0.15, 0.2) is 18.2 Å². The van der Waals surface area contributed by atoms with Crippen LogP contribution in [0.25, 0.3) is 0 Å². The number of nitrogens with two attached hydrogens (primary N) is 1. The molecule has 0 fully saturated rings. The summed E-state index contributed by atoms with van der Waals surface area (Å²) >= 11 is 0. The van der Waals surface area contributed by atoms with Crippen molar-refractivity contribution in [3.8, 4) is 11.5 Å². The summed E-state index contributed by atoms with van der Waals surface area (Å²) in [5.41, 5.74) is 6.32. The van der Waals surface area contributed by atoms with Crippen LogP contribution in [-0.2, 0) is 11.3 Å². The zero-order chi connectivity index (χ0) is 17.6. The first kappa shape index (κ1) is 22.3. The van der Waals surface area contributed by atoms with E-state index in [2.05, 4.69) is 10.1 Å². The summed E-state index contributed by atoms with van der Waals surface area (Å²) in [5.74, 6) is -0.382. The van der Waals surface area contributed by atoms with Gasteiger partial charge >= 0.3 is 6.18 Å². The number of rotatable bonds is 7. The number of alkyl halides is 3. The molecule has 1 amide bonds. The van der Waals surface area contributed by atoms with Crippen LogP contribution in [0.2, 0.25) is 0 Å². The minimum atomic E-state index is -4.42. The fourth-order valence-electron chi connectivity index (χ4n) is 1.69. The van der Waals surface area contributed by atoms with E-state index in [9.17, 15) is 18.0 Å². The number of carbonyl (C=O) groups is 1. The molecule has 1 aromatic rings. The van der Waals surface area contributed by atoms with Crippen LogP contribution in [0.3, 0.4) is 0 Å². The fourth-order valence-corrected chi connectivity index (χ4v) is 1.69. The van der Waals surface area contributed by atoms with Gasteiger partial charge in [0.15, 0.2) is 18.1 Å². The van der Waals surface area contributed by atoms with Gasteiger partial charge in [0.05, 0.1) is 7.11 Å². The molecule has 0 bridgehead atoms. The zero-order valence-corrected chi connectivity index (χ0v) is 14.5. The van der Waals surface area contributed by atoms with Crippen LogP contribution in [0, 0.1) is 5.92 Å². The first-order chi connectivity index (χ1) is 10.6. The summed E-state index contributed by atoms with van der Waals surface area (Å²) < 4.78 is 46.3. The smallest absolute Gasteiger partial charge is 0.422 e. The zero-order valence-electron chi connectivity index (χ0n) is 13.6. The molecule has 2 unspecified atom stereocenters. The molecule has 0 aliphatic carbocycles. The molecule has 0 heterocycles. The molecular formula is C15H22ClF3N2O3. The second-order valence-electron chi connectivity index (χ2n) is 5.25. The highest BCUT2D eigenvalue weighted by Gasteiger charge is 2.29. The Kier molecular flexibility index (Phi) is 8.92. The molecule has 138 valence electrons. The highest BCUT2D eigenvalue weighted by Crippen LogP contribution is 2.29. The molecule has 9 heteroatoms. The average molecular weight is 371 g/mol. The molecule has 0 aliphatic rings. The van der Waals surface area contributed by atoms with E-state index >= 15 is 0 Å². The summed E-state index contributed by atoms with van der Waals surface area (Å²) in [4.78, 5) is 11.8. The van der Waals surface area contributed by atoms with Gasteiger partial charge in [0.2, 0.25) is 5.91 Å². The van der Waals surface area contributed by atoms with Gasteiger partial charge in [0.1, 0.15) is 0 Å². The van der Waals surface area contributed by atoms with Gasteiger partial charge in [0, 0.05) is 18.5 Å². The third kappa shape index (κ3) is 7.27. The van der Waals surface area contributed by atoms with Gasteiger partial charge < -0.3 is 20.5 Å². The van der Waals surface area contributed by atoms with Crippen molar-refractivity contribution >= 4 is 18.3 Å². The first-order valence-corrected chi connectivity index (χ1v) is 7.03. The molecule has 0 radical (unpaired) electrons. The van der Waals surface area contributed by atoms with E-state index in [1.54, 1.807) is 19.9 Å². The maximum atomic E-state index is 12.2. The van der Waals surface area contributed by atoms with Gasteiger partial charge in [-0.2, -0.15) is 13.2 Å². The maximum Gasteiger partial charge on any atom is 0.422 e. The number of hydrogen-bond donors (Lipinski definition) is 2. The minimum absolute atomic E-state index is 0. The van der Waals surface area contributed by atoms with Crippen LogP contribution in [0.1, 0.15) is 19.4 Å². The van der Waals surface area contributed by atoms with Gasteiger partial charge in [-0.1, -0.05) is 13.0 Å². The predicted molar refractivity (Wildman–Crippen MR) is 86.5 cm³/mol. The second-order valence-corrected chi connectivity index (χ2v) is 5.25. The molecular weight excluding hydrogens is 349 g/mol. The molecule has 0 aromatic heterocycles. The number of methoxy groups -OCH3 is 1. The van der Waals surface area contributed by atoms with Gasteiger partial charge in [-0.3, -0.25) is 4.79 Å². The normalized spacial score (nSPS) is 13.5. The Balaban J connectivity index is 0.00000529. The Labute approximate surface area is 145 Å². The molecule has 0 saturated carbocycles. The number of ether oxygens (including phenoxy) is 2. The topological polar surface area (TPSA) is 73.6 Å². The predicted octanol–water partition coefficient (Wildman–Crippen LogP) is 2.66. The molecule has 1 rings (SSSR count). The van der Waals surface area contributed by atoms with E-state index in [1.165, 1.54) is 19.2 Å². The maximum absolute atomic E-state index is 12.2. The van der Waals surface area contributed by atoms with Crippen LogP contribution >= 0.6 is 12.4 Å². The van der Waals surface area contributed by atoms with Crippen molar-refractivity contribution in [1.82, 2.24) is 5.32 Å². The number of hydrogen-bond acceptors (Lipinski definition) is 4. The van der Waals surface area contributed by atoms with Gasteiger partial charge in [-0.05, 0) is 24.6 Å². The monoisotopic (exact) mass is 370 g/mol. The van der Waals surface area contributed by atoms with Crippen LogP contribution in [-0.4, -0.2) is 31.8 Å². The number of amides is 1. The Morgan fingerprint density at radius 1 is 1.29 bits per heavy atom. The van der Waals surface area contributed by atoms with Crippen molar-refractivity contribution in [3.63, 3.8) is 0 Å². The highest BCUT2D eigenvalue weighted by atomic mass is 35.5. The first-order valence-electron chi connectivity index (χ1n) is 7.03. The summed E-state index contributed by atoms with van der Waals surface area (Å²) in [7, 11) is 1.33. The lowest BCUT2D eigenvalue weighted by molar-refractivity contribution is -0.153. The van der Waals surface area contributed by atoms with Crippen molar-refractivity contribution in [2.24, 2.45) is 11.7 Å². The number of halogens is 4. The van der Waals surface area contributed by atoms with Gasteiger partial charge in [-0.25, -0.2) is 0 Å². The number of carbonyl (C=O) groups excluding carboxylic acids is 1. The van der Waals surface area contributed by atoms with Crippen LogP contribution < -0.4 is 20.5 Å². The lowest BCUT2D eigenvalue weighted by Gasteiger charge is -2.16. The molecule has 24 heavy (non-hydrogen) atoms. The lowest BCUT2D eigenvalue weighted by atomic mass is 10.0. The van der Waals surface area contributed by atoms with Crippen molar-refractivity contribution in [3.05, 3.63) is 23.8 Å².